The molecule has 3 rings (SSSR count). The van der Waals surface area contributed by atoms with Gasteiger partial charge in [-0.05, 0) is 23.7 Å². The third-order valence-corrected chi connectivity index (χ3v) is 3.53. The molecule has 0 atom stereocenters. The van der Waals surface area contributed by atoms with Gasteiger partial charge in [-0.1, -0.05) is 23.7 Å². The number of para-hydroxylation sites is 1. The molecule has 0 amide bonds. The molecule has 0 radical (unpaired) electrons. The van der Waals surface area contributed by atoms with Crippen LogP contribution in [-0.2, 0) is 13.0 Å². The maximum absolute atomic E-state index is 6.14. The number of nitrogens with zero attached hydrogens (tertiary/aromatic N) is 2. The Labute approximate surface area is 121 Å². The van der Waals surface area contributed by atoms with Crippen molar-refractivity contribution in [3.8, 4) is 0 Å². The van der Waals surface area contributed by atoms with Gasteiger partial charge < -0.3 is 10.6 Å². The number of halogens is 2. The lowest BCUT2D eigenvalue weighted by molar-refractivity contribution is 0.628. The molecule has 4 nitrogen and oxygen atoms in total. The van der Waals surface area contributed by atoms with E-state index in [0.717, 1.165) is 42.3 Å². The van der Waals surface area contributed by atoms with Crippen molar-refractivity contribution in [1.29, 1.82) is 0 Å². The molecular formula is C13H12Cl2N4. The van der Waals surface area contributed by atoms with Gasteiger partial charge in [-0.3, -0.25) is 0 Å². The van der Waals surface area contributed by atoms with E-state index < -0.39 is 0 Å². The smallest absolute Gasteiger partial charge is 0.224 e. The van der Waals surface area contributed by atoms with Gasteiger partial charge in [0, 0.05) is 25.1 Å². The molecule has 0 bridgehead atoms. The molecule has 19 heavy (non-hydrogen) atoms. The van der Waals surface area contributed by atoms with Crippen LogP contribution in [0.5, 0.6) is 0 Å². The van der Waals surface area contributed by atoms with Gasteiger partial charge in [-0.25, -0.2) is 9.97 Å². The summed E-state index contributed by atoms with van der Waals surface area (Å²) in [7, 11) is 0. The van der Waals surface area contributed by atoms with Crippen molar-refractivity contribution in [2.75, 3.05) is 11.9 Å². The van der Waals surface area contributed by atoms with Gasteiger partial charge in [0.1, 0.15) is 5.82 Å². The summed E-state index contributed by atoms with van der Waals surface area (Å²) in [6.45, 7) is 1.64. The zero-order valence-electron chi connectivity index (χ0n) is 10.1. The highest BCUT2D eigenvalue weighted by molar-refractivity contribution is 6.33. The molecule has 0 saturated carbocycles. The second-order valence-corrected chi connectivity index (χ2v) is 5.04. The summed E-state index contributed by atoms with van der Waals surface area (Å²) in [5.41, 5.74) is 2.86. The number of aromatic nitrogens is 2. The van der Waals surface area contributed by atoms with Gasteiger partial charge in [0.05, 0.1) is 16.4 Å². The van der Waals surface area contributed by atoms with E-state index in [4.69, 9.17) is 23.2 Å². The predicted molar refractivity (Wildman–Crippen MR) is 77.2 cm³/mol. The first-order chi connectivity index (χ1) is 9.24. The normalized spacial score (nSPS) is 14.0. The predicted octanol–water partition coefficient (Wildman–Crippen LogP) is 3.17. The fourth-order valence-corrected chi connectivity index (χ4v) is 2.48. The van der Waals surface area contributed by atoms with E-state index in [9.17, 15) is 0 Å². The molecule has 2 aromatic rings. The van der Waals surface area contributed by atoms with E-state index >= 15 is 0 Å². The Hall–Kier alpha value is -1.36. The Morgan fingerprint density at radius 2 is 2.00 bits per heavy atom. The first-order valence-corrected chi connectivity index (χ1v) is 6.77. The second-order valence-electron chi connectivity index (χ2n) is 4.30. The lowest BCUT2D eigenvalue weighted by atomic mass is 10.1. The van der Waals surface area contributed by atoms with Crippen LogP contribution in [0.4, 0.5) is 11.5 Å². The first-order valence-electron chi connectivity index (χ1n) is 6.01. The average Bonchev–Trinajstić information content (AvgIpc) is 2.41. The standard InChI is InChI=1S/C13H12Cl2N4/c14-9-3-1-2-4-11(9)17-12-8-7-16-6-5-10(8)18-13(15)19-12/h1-4,16H,5-7H2,(H,17,18,19). The topological polar surface area (TPSA) is 49.8 Å². The third kappa shape index (κ3) is 2.66. The highest BCUT2D eigenvalue weighted by Crippen LogP contribution is 2.28. The average molecular weight is 295 g/mol. The van der Waals surface area contributed by atoms with Crippen LogP contribution in [0.2, 0.25) is 10.3 Å². The molecule has 2 heterocycles. The Balaban J connectivity index is 2.01. The van der Waals surface area contributed by atoms with Gasteiger partial charge in [0.2, 0.25) is 5.28 Å². The van der Waals surface area contributed by atoms with Crippen LogP contribution in [-0.4, -0.2) is 16.5 Å². The van der Waals surface area contributed by atoms with E-state index in [2.05, 4.69) is 20.6 Å². The molecule has 6 heteroatoms. The summed E-state index contributed by atoms with van der Waals surface area (Å²) in [6.07, 6.45) is 0.856. The molecular weight excluding hydrogens is 283 g/mol. The van der Waals surface area contributed by atoms with Crippen molar-refractivity contribution < 1.29 is 0 Å². The number of hydrogen-bond donors (Lipinski definition) is 2. The minimum atomic E-state index is 0.259. The summed E-state index contributed by atoms with van der Waals surface area (Å²) in [4.78, 5) is 8.55. The number of hydrogen-bond acceptors (Lipinski definition) is 4. The molecule has 0 spiro atoms. The minimum absolute atomic E-state index is 0.259. The van der Waals surface area contributed by atoms with Crippen LogP contribution in [0.1, 0.15) is 11.3 Å². The Bertz CT molecular complexity index is 616. The fourth-order valence-electron chi connectivity index (χ4n) is 2.11. The summed E-state index contributed by atoms with van der Waals surface area (Å²) >= 11 is 12.1. The summed E-state index contributed by atoms with van der Waals surface area (Å²) in [5.74, 6) is 0.718. The summed E-state index contributed by atoms with van der Waals surface area (Å²) in [5, 5.41) is 7.45. The Morgan fingerprint density at radius 1 is 1.16 bits per heavy atom. The lowest BCUT2D eigenvalue weighted by Crippen LogP contribution is -2.26. The van der Waals surface area contributed by atoms with Gasteiger partial charge >= 0.3 is 0 Å². The quantitative estimate of drug-likeness (QED) is 0.836. The molecule has 0 saturated heterocycles. The molecule has 1 aromatic heterocycles. The van der Waals surface area contributed by atoms with Crippen molar-refractivity contribution in [3.05, 3.63) is 45.8 Å². The minimum Gasteiger partial charge on any atom is -0.339 e. The number of rotatable bonds is 2. The molecule has 98 valence electrons. The third-order valence-electron chi connectivity index (χ3n) is 3.03. The van der Waals surface area contributed by atoms with Gasteiger partial charge in [0.15, 0.2) is 0 Å². The highest BCUT2D eigenvalue weighted by atomic mass is 35.5. The molecule has 0 unspecified atom stereocenters. The van der Waals surface area contributed by atoms with Crippen molar-refractivity contribution in [2.24, 2.45) is 0 Å². The second kappa shape index (κ2) is 5.33. The van der Waals surface area contributed by atoms with Crippen LogP contribution >= 0.6 is 23.2 Å². The van der Waals surface area contributed by atoms with Crippen molar-refractivity contribution in [3.63, 3.8) is 0 Å². The molecule has 2 N–H and O–H groups in total. The summed E-state index contributed by atoms with van der Waals surface area (Å²) in [6, 6.07) is 7.54. The number of nitrogens with one attached hydrogen (secondary N) is 2. The number of benzene rings is 1. The maximum atomic E-state index is 6.14. The highest BCUT2D eigenvalue weighted by Gasteiger charge is 2.17. The van der Waals surface area contributed by atoms with Crippen molar-refractivity contribution in [1.82, 2.24) is 15.3 Å². The Kier molecular flexibility index (Phi) is 3.55. The number of anilines is 2. The van der Waals surface area contributed by atoms with Gasteiger partial charge in [-0.15, -0.1) is 0 Å². The van der Waals surface area contributed by atoms with Crippen LogP contribution in [0.3, 0.4) is 0 Å². The molecule has 1 aliphatic rings. The maximum Gasteiger partial charge on any atom is 0.224 e. The molecule has 1 aromatic carbocycles. The van der Waals surface area contributed by atoms with E-state index in [0.29, 0.717) is 5.02 Å². The fraction of sp³-hybridized carbons (Fsp3) is 0.231. The van der Waals surface area contributed by atoms with E-state index in [1.807, 2.05) is 24.3 Å². The largest absolute Gasteiger partial charge is 0.339 e. The van der Waals surface area contributed by atoms with Gasteiger partial charge in [0.25, 0.3) is 0 Å². The molecule has 0 aliphatic carbocycles. The van der Waals surface area contributed by atoms with Crippen LogP contribution < -0.4 is 10.6 Å². The van der Waals surface area contributed by atoms with E-state index in [-0.39, 0.29) is 5.28 Å². The van der Waals surface area contributed by atoms with Crippen molar-refractivity contribution in [2.45, 2.75) is 13.0 Å². The van der Waals surface area contributed by atoms with Crippen LogP contribution in [0.15, 0.2) is 24.3 Å². The molecule has 0 fully saturated rings. The Morgan fingerprint density at radius 3 is 2.84 bits per heavy atom. The zero-order chi connectivity index (χ0) is 13.2. The monoisotopic (exact) mass is 294 g/mol. The van der Waals surface area contributed by atoms with Crippen LogP contribution in [0, 0.1) is 0 Å². The first kappa shape index (κ1) is 12.7. The van der Waals surface area contributed by atoms with E-state index in [1.165, 1.54) is 0 Å². The van der Waals surface area contributed by atoms with Crippen molar-refractivity contribution >= 4 is 34.7 Å². The SMILES string of the molecule is Clc1nc2c(c(Nc3ccccc3Cl)n1)CNCC2. The van der Waals surface area contributed by atoms with Crippen LogP contribution in [0.25, 0.3) is 0 Å². The molecule has 1 aliphatic heterocycles. The van der Waals surface area contributed by atoms with E-state index in [1.54, 1.807) is 0 Å². The van der Waals surface area contributed by atoms with Gasteiger partial charge in [-0.2, -0.15) is 0 Å². The number of fused-ring (bicyclic) bond motifs is 1. The lowest BCUT2D eigenvalue weighted by Gasteiger charge is -2.20. The zero-order valence-corrected chi connectivity index (χ0v) is 11.6. The summed E-state index contributed by atoms with van der Waals surface area (Å²) < 4.78 is 0.